The zero-order chi connectivity index (χ0) is 20.1. The predicted octanol–water partition coefficient (Wildman–Crippen LogP) is 4.91. The minimum atomic E-state index is -3.69. The summed E-state index contributed by atoms with van der Waals surface area (Å²) in [5.74, 6) is 0. The van der Waals surface area contributed by atoms with E-state index in [0.29, 0.717) is 16.5 Å². The Morgan fingerprint density at radius 1 is 0.750 bits per heavy atom. The molecule has 0 saturated heterocycles. The van der Waals surface area contributed by atoms with E-state index in [-0.39, 0.29) is 4.90 Å². The second-order valence-corrected chi connectivity index (χ2v) is 8.47. The Hall–Kier alpha value is -2.90. The van der Waals surface area contributed by atoms with Crippen molar-refractivity contribution in [2.45, 2.75) is 18.7 Å². The summed E-state index contributed by atoms with van der Waals surface area (Å²) in [6.07, 6.45) is 0. The molecule has 5 nitrogen and oxygen atoms in total. The number of benzene rings is 3. The first-order chi connectivity index (χ1) is 13.3. The molecule has 0 fully saturated rings. The van der Waals surface area contributed by atoms with E-state index in [1.54, 1.807) is 42.5 Å². The number of hydrogen-bond donors (Lipinski definition) is 3. The number of nitrogens with one attached hydrogen (secondary N) is 3. The van der Waals surface area contributed by atoms with Crippen molar-refractivity contribution < 1.29 is 8.42 Å². The summed E-state index contributed by atoms with van der Waals surface area (Å²) >= 11 is 5.35. The van der Waals surface area contributed by atoms with Crippen LogP contribution in [0.3, 0.4) is 0 Å². The summed E-state index contributed by atoms with van der Waals surface area (Å²) in [4.78, 5) is 0.148. The number of aryl methyl sites for hydroxylation is 2. The third kappa shape index (κ3) is 5.09. The Balaban J connectivity index is 1.72. The van der Waals surface area contributed by atoms with Crippen LogP contribution in [0.1, 0.15) is 11.1 Å². The highest BCUT2D eigenvalue weighted by Crippen LogP contribution is 2.20. The molecule has 0 aliphatic carbocycles. The molecular weight excluding hydrogens is 390 g/mol. The standard InChI is InChI=1S/C21H21N3O2S2/c1-15-11-12-19(13-16(15)2)23-21(27)22-18-9-6-10-20(14-18)28(25,26)24-17-7-4-3-5-8-17/h3-14,24H,1-2H3,(H2,22,23,27). The van der Waals surface area contributed by atoms with Crippen LogP contribution >= 0.6 is 12.2 Å². The van der Waals surface area contributed by atoms with Gasteiger partial charge in [0.1, 0.15) is 0 Å². The lowest BCUT2D eigenvalue weighted by Gasteiger charge is -2.13. The fraction of sp³-hybridized carbons (Fsp3) is 0.0952. The normalized spacial score (nSPS) is 10.9. The number of sulfonamides is 1. The van der Waals surface area contributed by atoms with Gasteiger partial charge in [-0.1, -0.05) is 30.3 Å². The molecule has 0 spiro atoms. The van der Waals surface area contributed by atoms with Crippen molar-refractivity contribution in [2.24, 2.45) is 0 Å². The molecule has 3 N–H and O–H groups in total. The lowest BCUT2D eigenvalue weighted by atomic mass is 10.1. The van der Waals surface area contributed by atoms with E-state index in [1.165, 1.54) is 11.6 Å². The van der Waals surface area contributed by atoms with Crippen molar-refractivity contribution in [3.05, 3.63) is 83.9 Å². The fourth-order valence-electron chi connectivity index (χ4n) is 2.57. The van der Waals surface area contributed by atoms with Gasteiger partial charge in [-0.15, -0.1) is 0 Å². The second kappa shape index (κ2) is 8.41. The number of para-hydroxylation sites is 1. The Kier molecular flexibility index (Phi) is 5.96. The van der Waals surface area contributed by atoms with Crippen molar-refractivity contribution >= 4 is 44.4 Å². The number of hydrogen-bond acceptors (Lipinski definition) is 3. The molecule has 0 amide bonds. The second-order valence-electron chi connectivity index (χ2n) is 6.38. The molecule has 3 aromatic carbocycles. The van der Waals surface area contributed by atoms with Crippen molar-refractivity contribution in [2.75, 3.05) is 15.4 Å². The Morgan fingerprint density at radius 2 is 1.39 bits per heavy atom. The molecular formula is C21H21N3O2S2. The molecule has 3 aromatic rings. The zero-order valence-corrected chi connectivity index (χ0v) is 17.2. The van der Waals surface area contributed by atoms with Gasteiger partial charge in [0.2, 0.25) is 0 Å². The highest BCUT2D eigenvalue weighted by atomic mass is 32.2. The average Bonchev–Trinajstić information content (AvgIpc) is 2.65. The number of anilines is 3. The first-order valence-electron chi connectivity index (χ1n) is 8.67. The van der Waals surface area contributed by atoms with Crippen LogP contribution < -0.4 is 15.4 Å². The maximum atomic E-state index is 12.6. The molecule has 28 heavy (non-hydrogen) atoms. The third-order valence-electron chi connectivity index (χ3n) is 4.19. The Labute approximate surface area is 170 Å². The van der Waals surface area contributed by atoms with E-state index >= 15 is 0 Å². The maximum Gasteiger partial charge on any atom is 0.261 e. The van der Waals surface area contributed by atoms with Crippen LogP contribution in [0.4, 0.5) is 17.1 Å². The monoisotopic (exact) mass is 411 g/mol. The molecule has 0 aliphatic rings. The van der Waals surface area contributed by atoms with Gasteiger partial charge < -0.3 is 10.6 Å². The molecule has 144 valence electrons. The molecule has 0 radical (unpaired) electrons. The van der Waals surface area contributed by atoms with Gasteiger partial charge in [0.15, 0.2) is 5.11 Å². The molecule has 0 atom stereocenters. The molecule has 0 aliphatic heterocycles. The van der Waals surface area contributed by atoms with E-state index in [9.17, 15) is 8.42 Å². The maximum absolute atomic E-state index is 12.6. The highest BCUT2D eigenvalue weighted by molar-refractivity contribution is 7.92. The van der Waals surface area contributed by atoms with Gasteiger partial charge in [0, 0.05) is 17.1 Å². The largest absolute Gasteiger partial charge is 0.332 e. The van der Waals surface area contributed by atoms with E-state index in [1.807, 2.05) is 38.1 Å². The predicted molar refractivity (Wildman–Crippen MR) is 119 cm³/mol. The smallest absolute Gasteiger partial charge is 0.261 e. The van der Waals surface area contributed by atoms with Crippen molar-refractivity contribution in [3.63, 3.8) is 0 Å². The summed E-state index contributed by atoms with van der Waals surface area (Å²) in [5, 5.41) is 6.52. The molecule has 3 rings (SSSR count). The van der Waals surface area contributed by atoms with Gasteiger partial charge in [0.25, 0.3) is 10.0 Å². The van der Waals surface area contributed by atoms with E-state index in [0.717, 1.165) is 11.3 Å². The summed E-state index contributed by atoms with van der Waals surface area (Å²) in [7, 11) is -3.69. The first kappa shape index (κ1) is 19.9. The van der Waals surface area contributed by atoms with Crippen LogP contribution in [-0.2, 0) is 10.0 Å². The third-order valence-corrected chi connectivity index (χ3v) is 5.78. The average molecular weight is 412 g/mol. The van der Waals surface area contributed by atoms with Crippen molar-refractivity contribution in [1.29, 1.82) is 0 Å². The van der Waals surface area contributed by atoms with Gasteiger partial charge in [-0.05, 0) is 79.7 Å². The summed E-state index contributed by atoms with van der Waals surface area (Å²) in [6.45, 7) is 4.08. The molecule has 0 aromatic heterocycles. The zero-order valence-electron chi connectivity index (χ0n) is 15.6. The van der Waals surface area contributed by atoms with Crippen LogP contribution in [0.5, 0.6) is 0 Å². The fourth-order valence-corrected chi connectivity index (χ4v) is 3.91. The lowest BCUT2D eigenvalue weighted by Crippen LogP contribution is -2.19. The molecule has 7 heteroatoms. The topological polar surface area (TPSA) is 70.2 Å². The van der Waals surface area contributed by atoms with Crippen LogP contribution in [0, 0.1) is 13.8 Å². The van der Waals surface area contributed by atoms with Gasteiger partial charge in [-0.25, -0.2) is 8.42 Å². The Morgan fingerprint density at radius 3 is 2.07 bits per heavy atom. The number of rotatable bonds is 5. The van der Waals surface area contributed by atoms with Crippen LogP contribution in [0.15, 0.2) is 77.7 Å². The van der Waals surface area contributed by atoms with E-state index < -0.39 is 10.0 Å². The van der Waals surface area contributed by atoms with Crippen LogP contribution in [-0.4, -0.2) is 13.5 Å². The minimum Gasteiger partial charge on any atom is -0.332 e. The van der Waals surface area contributed by atoms with Gasteiger partial charge in [-0.3, -0.25) is 4.72 Å². The van der Waals surface area contributed by atoms with Crippen LogP contribution in [0.25, 0.3) is 0 Å². The summed E-state index contributed by atoms with van der Waals surface area (Å²) in [6, 6.07) is 21.2. The Bertz CT molecular complexity index is 1100. The van der Waals surface area contributed by atoms with E-state index in [4.69, 9.17) is 12.2 Å². The van der Waals surface area contributed by atoms with Crippen molar-refractivity contribution in [3.8, 4) is 0 Å². The van der Waals surface area contributed by atoms with Gasteiger partial charge in [-0.2, -0.15) is 0 Å². The first-order valence-corrected chi connectivity index (χ1v) is 10.6. The quantitative estimate of drug-likeness (QED) is 0.520. The number of thiocarbonyl (C=S) groups is 1. The molecule has 0 unspecified atom stereocenters. The summed E-state index contributed by atoms with van der Waals surface area (Å²) in [5.41, 5.74) is 4.32. The molecule has 0 bridgehead atoms. The molecule has 0 saturated carbocycles. The molecule has 0 heterocycles. The lowest BCUT2D eigenvalue weighted by molar-refractivity contribution is 0.601. The highest BCUT2D eigenvalue weighted by Gasteiger charge is 2.14. The van der Waals surface area contributed by atoms with E-state index in [2.05, 4.69) is 15.4 Å². The van der Waals surface area contributed by atoms with Gasteiger partial charge in [0.05, 0.1) is 4.90 Å². The van der Waals surface area contributed by atoms with Crippen LogP contribution in [0.2, 0.25) is 0 Å². The van der Waals surface area contributed by atoms with Gasteiger partial charge >= 0.3 is 0 Å². The SMILES string of the molecule is Cc1ccc(NC(=S)Nc2cccc(S(=O)(=O)Nc3ccccc3)c2)cc1C. The summed E-state index contributed by atoms with van der Waals surface area (Å²) < 4.78 is 27.8. The minimum absolute atomic E-state index is 0.148. The van der Waals surface area contributed by atoms with Crippen molar-refractivity contribution in [1.82, 2.24) is 0 Å².